The monoisotopic (exact) mass is 749 g/mol. The molecule has 0 unspecified atom stereocenters. The molecule has 3 aromatic heterocycles. The summed E-state index contributed by atoms with van der Waals surface area (Å²) in [5.41, 5.74) is 9.89. The van der Waals surface area contributed by atoms with Gasteiger partial charge in [-0.1, -0.05) is 97.1 Å². The van der Waals surface area contributed by atoms with Gasteiger partial charge in [-0.25, -0.2) is 4.85 Å². The number of hydrogen-bond donors (Lipinski definition) is 0. The molecule has 0 saturated carbocycles. The number of rotatable bonds is 4. The Morgan fingerprint density at radius 1 is 0.390 bits per heavy atom. The molecular formula is C52H27N7. The van der Waals surface area contributed by atoms with E-state index in [0.717, 1.165) is 71.1 Å². The number of hydrogen-bond acceptors (Lipinski definition) is 3. The summed E-state index contributed by atoms with van der Waals surface area (Å²) in [4.78, 5) is 3.74. The highest BCUT2D eigenvalue weighted by molar-refractivity contribution is 6.19. The fraction of sp³-hybridized carbons (Fsp3) is 0. The van der Waals surface area contributed by atoms with E-state index in [-0.39, 0.29) is 22.4 Å². The number of para-hydroxylation sites is 5. The van der Waals surface area contributed by atoms with Gasteiger partial charge in [-0.2, -0.15) is 15.8 Å². The lowest BCUT2D eigenvalue weighted by molar-refractivity contribution is 1.16. The van der Waals surface area contributed by atoms with Crippen LogP contribution in [-0.4, -0.2) is 13.7 Å². The molecule has 0 aliphatic rings. The van der Waals surface area contributed by atoms with Crippen LogP contribution in [0.3, 0.4) is 0 Å². The van der Waals surface area contributed by atoms with Gasteiger partial charge in [0.2, 0.25) is 5.69 Å². The molecule has 11 rings (SSSR count). The smallest absolute Gasteiger partial charge is 0.206 e. The van der Waals surface area contributed by atoms with Gasteiger partial charge in [0.15, 0.2) is 0 Å². The normalized spacial score (nSPS) is 11.3. The van der Waals surface area contributed by atoms with Gasteiger partial charge in [-0.05, 0) is 66.7 Å². The van der Waals surface area contributed by atoms with E-state index in [4.69, 9.17) is 6.57 Å². The zero-order chi connectivity index (χ0) is 39.8. The zero-order valence-corrected chi connectivity index (χ0v) is 31.2. The van der Waals surface area contributed by atoms with Gasteiger partial charge in [-0.3, -0.25) is 0 Å². The largest absolute Gasteiger partial charge is 0.310 e. The lowest BCUT2D eigenvalue weighted by atomic mass is 9.92. The molecule has 0 spiro atoms. The molecule has 0 bridgehead atoms. The zero-order valence-electron chi connectivity index (χ0n) is 31.2. The van der Waals surface area contributed by atoms with Crippen molar-refractivity contribution in [3.8, 4) is 46.4 Å². The van der Waals surface area contributed by atoms with Crippen molar-refractivity contribution in [2.75, 3.05) is 0 Å². The Morgan fingerprint density at radius 2 is 0.864 bits per heavy atom. The van der Waals surface area contributed by atoms with E-state index < -0.39 is 0 Å². The van der Waals surface area contributed by atoms with Crippen LogP contribution in [0.1, 0.15) is 16.7 Å². The molecule has 270 valence electrons. The Bertz CT molecular complexity index is 3720. The highest BCUT2D eigenvalue weighted by atomic mass is 15.0. The van der Waals surface area contributed by atoms with Crippen LogP contribution >= 0.6 is 0 Å². The van der Waals surface area contributed by atoms with E-state index in [1.165, 1.54) is 0 Å². The maximum Gasteiger partial charge on any atom is 0.206 e. The maximum atomic E-state index is 11.1. The highest BCUT2D eigenvalue weighted by Crippen LogP contribution is 2.44. The van der Waals surface area contributed by atoms with Gasteiger partial charge in [0.25, 0.3) is 0 Å². The fourth-order valence-electron chi connectivity index (χ4n) is 9.12. The van der Waals surface area contributed by atoms with Crippen molar-refractivity contribution in [2.24, 2.45) is 0 Å². The van der Waals surface area contributed by atoms with E-state index in [0.29, 0.717) is 22.5 Å². The van der Waals surface area contributed by atoms with E-state index in [9.17, 15) is 15.8 Å². The number of benzene rings is 8. The summed E-state index contributed by atoms with van der Waals surface area (Å²) in [6, 6.07) is 61.7. The Hall–Kier alpha value is -8.88. The highest BCUT2D eigenvalue weighted by Gasteiger charge is 2.25. The minimum Gasteiger partial charge on any atom is -0.310 e. The average molecular weight is 750 g/mol. The SMILES string of the molecule is [C-]#[N+]c1cc(-n2c3ccccc3c3ccccc32)c(-c2ccc(-n3c4ccccc4c4cc5c(cc43)c3ccccc3n5-c3ccccc3)c(C#N)c2C#N)cc1C#N. The van der Waals surface area contributed by atoms with Crippen LogP contribution < -0.4 is 0 Å². The lowest BCUT2D eigenvalue weighted by Crippen LogP contribution is -2.04. The molecule has 7 heteroatoms. The number of nitriles is 3. The van der Waals surface area contributed by atoms with E-state index in [2.05, 4.69) is 103 Å². The topological polar surface area (TPSA) is 90.5 Å². The Kier molecular flexibility index (Phi) is 7.28. The van der Waals surface area contributed by atoms with Crippen LogP contribution in [-0.2, 0) is 0 Å². The van der Waals surface area contributed by atoms with Crippen LogP contribution in [0.4, 0.5) is 5.69 Å². The van der Waals surface area contributed by atoms with Crippen molar-refractivity contribution in [1.29, 1.82) is 15.8 Å². The first-order valence-electron chi connectivity index (χ1n) is 19.1. The molecule has 0 fully saturated rings. The molecule has 0 radical (unpaired) electrons. The molecule has 0 atom stereocenters. The minimum absolute atomic E-state index is 0.180. The fourth-order valence-corrected chi connectivity index (χ4v) is 9.12. The second-order valence-corrected chi connectivity index (χ2v) is 14.5. The van der Waals surface area contributed by atoms with Crippen LogP contribution in [0, 0.1) is 40.6 Å². The number of fused-ring (bicyclic) bond motifs is 9. The summed E-state index contributed by atoms with van der Waals surface area (Å²) in [5.74, 6) is 0. The summed E-state index contributed by atoms with van der Waals surface area (Å²) in [6.07, 6.45) is 0. The maximum absolute atomic E-state index is 11.1. The molecule has 7 nitrogen and oxygen atoms in total. The first-order chi connectivity index (χ1) is 29.1. The van der Waals surface area contributed by atoms with Gasteiger partial charge in [0.1, 0.15) is 12.1 Å². The van der Waals surface area contributed by atoms with Crippen molar-refractivity contribution in [2.45, 2.75) is 0 Å². The first-order valence-corrected chi connectivity index (χ1v) is 19.1. The molecule has 3 heterocycles. The van der Waals surface area contributed by atoms with E-state index in [1.54, 1.807) is 12.1 Å². The Morgan fingerprint density at radius 3 is 1.39 bits per heavy atom. The van der Waals surface area contributed by atoms with Crippen molar-refractivity contribution in [3.05, 3.63) is 192 Å². The second-order valence-electron chi connectivity index (χ2n) is 14.5. The van der Waals surface area contributed by atoms with Crippen LogP contribution in [0.5, 0.6) is 0 Å². The standard InChI is InChI=1S/C52H27N7/c1-56-44-28-52(58-46-20-10-5-15-35(46)36-16-6-11-21-47(36)58)39(25-32(44)29-53)34-23-24-49(43(31-55)42(34)30-54)59-48-22-12-8-18-38(48)41-26-50-40(27-51(41)59)37-17-7-9-19-45(37)57(50)33-13-3-2-4-14-33/h2-28H. The van der Waals surface area contributed by atoms with Crippen molar-refractivity contribution in [3.63, 3.8) is 0 Å². The van der Waals surface area contributed by atoms with Gasteiger partial charge in [0, 0.05) is 54.8 Å². The molecule has 0 aliphatic carbocycles. The third kappa shape index (κ3) is 4.71. The van der Waals surface area contributed by atoms with Crippen LogP contribution in [0.25, 0.3) is 98.5 Å². The summed E-state index contributed by atoms with van der Waals surface area (Å²) < 4.78 is 6.47. The minimum atomic E-state index is 0.180. The lowest BCUT2D eigenvalue weighted by Gasteiger charge is -2.18. The third-order valence-corrected chi connectivity index (χ3v) is 11.6. The van der Waals surface area contributed by atoms with Gasteiger partial charge >= 0.3 is 0 Å². The Balaban J connectivity index is 1.22. The summed E-state index contributed by atoms with van der Waals surface area (Å²) in [7, 11) is 0. The van der Waals surface area contributed by atoms with Crippen LogP contribution in [0.15, 0.2) is 164 Å². The molecule has 0 amide bonds. The molecule has 59 heavy (non-hydrogen) atoms. The number of aromatic nitrogens is 3. The predicted molar refractivity (Wildman–Crippen MR) is 235 cm³/mol. The average Bonchev–Trinajstić information content (AvgIpc) is 3.92. The first kappa shape index (κ1) is 33.5. The second kappa shape index (κ2) is 12.8. The van der Waals surface area contributed by atoms with Gasteiger partial charge in [0.05, 0.1) is 68.1 Å². The molecule has 0 aliphatic heterocycles. The predicted octanol–water partition coefficient (Wildman–Crippen LogP) is 12.8. The molecule has 0 N–H and O–H groups in total. The van der Waals surface area contributed by atoms with Crippen molar-refractivity contribution >= 4 is 71.1 Å². The molecular weight excluding hydrogens is 723 g/mol. The van der Waals surface area contributed by atoms with Crippen molar-refractivity contribution < 1.29 is 0 Å². The molecule has 0 saturated heterocycles. The summed E-state index contributed by atoms with van der Waals surface area (Å²) in [5, 5.41) is 38.7. The van der Waals surface area contributed by atoms with Gasteiger partial charge in [-0.15, -0.1) is 0 Å². The third-order valence-electron chi connectivity index (χ3n) is 11.6. The Labute approximate surface area is 337 Å². The molecule has 8 aromatic carbocycles. The summed E-state index contributed by atoms with van der Waals surface area (Å²) >= 11 is 0. The van der Waals surface area contributed by atoms with Gasteiger partial charge < -0.3 is 13.7 Å². The number of nitrogens with zero attached hydrogens (tertiary/aromatic N) is 7. The van der Waals surface area contributed by atoms with Crippen LogP contribution in [0.2, 0.25) is 0 Å². The quantitative estimate of drug-likeness (QED) is 0.168. The van der Waals surface area contributed by atoms with E-state index in [1.807, 2.05) is 84.9 Å². The van der Waals surface area contributed by atoms with Crippen molar-refractivity contribution in [1.82, 2.24) is 13.7 Å². The van der Waals surface area contributed by atoms with E-state index >= 15 is 0 Å². The summed E-state index contributed by atoms with van der Waals surface area (Å²) in [6.45, 7) is 8.00. The molecule has 11 aromatic rings.